The highest BCUT2D eigenvalue weighted by molar-refractivity contribution is 5.77. The number of ether oxygens (including phenoxy) is 1. The zero-order chi connectivity index (χ0) is 15.5. The maximum absolute atomic E-state index is 12.5. The molecule has 114 valence electrons. The number of rotatable bonds is 5. The molecule has 0 radical (unpaired) electrons. The van der Waals surface area contributed by atoms with E-state index in [0.29, 0.717) is 0 Å². The van der Waals surface area contributed by atoms with Crippen molar-refractivity contribution in [3.63, 3.8) is 0 Å². The third kappa shape index (κ3) is 3.64. The Hall–Kier alpha value is -1.73. The van der Waals surface area contributed by atoms with E-state index in [9.17, 15) is 18.0 Å². The van der Waals surface area contributed by atoms with E-state index < -0.39 is 18.5 Å². The summed E-state index contributed by atoms with van der Waals surface area (Å²) in [5.74, 6) is -0.730. The van der Waals surface area contributed by atoms with Crippen LogP contribution in [0, 0.1) is 6.92 Å². The number of likely N-dealkylation sites (N-methyl/N-ethyl adjacent to an activating group) is 1. The smallest absolute Gasteiger partial charge is 0.437 e. The van der Waals surface area contributed by atoms with Crippen LogP contribution in [0.4, 0.5) is 13.2 Å². The number of alkyl halides is 3. The highest BCUT2D eigenvalue weighted by Crippen LogP contribution is 2.34. The standard InChI is InChI=1S/C12H17F3N2O3/c1-5-7(2)17(4)9(18)6-19-11-8(3)10(16-20-11)12(13,14)15/h7H,5-6H2,1-4H3. The van der Waals surface area contributed by atoms with Gasteiger partial charge in [0, 0.05) is 13.1 Å². The first-order valence-electron chi connectivity index (χ1n) is 6.10. The van der Waals surface area contributed by atoms with Crippen LogP contribution in [0.5, 0.6) is 5.95 Å². The first-order chi connectivity index (χ1) is 9.18. The molecule has 1 aromatic heterocycles. The van der Waals surface area contributed by atoms with Gasteiger partial charge in [-0.1, -0.05) is 12.1 Å². The number of nitrogens with zero attached hydrogens (tertiary/aromatic N) is 2. The molecule has 1 amide bonds. The van der Waals surface area contributed by atoms with Crippen LogP contribution in [0.1, 0.15) is 31.5 Å². The fourth-order valence-electron chi connectivity index (χ4n) is 1.47. The van der Waals surface area contributed by atoms with Crippen LogP contribution in [-0.2, 0) is 11.0 Å². The van der Waals surface area contributed by atoms with E-state index in [-0.39, 0.29) is 23.5 Å². The van der Waals surface area contributed by atoms with Gasteiger partial charge in [0.25, 0.3) is 5.91 Å². The molecular formula is C12H17F3N2O3. The van der Waals surface area contributed by atoms with Crippen molar-refractivity contribution in [2.75, 3.05) is 13.7 Å². The number of halogens is 3. The Morgan fingerprint density at radius 3 is 2.55 bits per heavy atom. The molecule has 0 spiro atoms. The normalized spacial score (nSPS) is 13.2. The van der Waals surface area contributed by atoms with Crippen LogP contribution in [0.3, 0.4) is 0 Å². The minimum absolute atomic E-state index is 0.0210. The molecule has 1 unspecified atom stereocenters. The third-order valence-corrected chi connectivity index (χ3v) is 3.12. The molecule has 0 aliphatic carbocycles. The SMILES string of the molecule is CCC(C)N(C)C(=O)COc1onc(C(F)(F)F)c1C. The molecule has 20 heavy (non-hydrogen) atoms. The fraction of sp³-hybridized carbons (Fsp3) is 0.667. The van der Waals surface area contributed by atoms with Crippen LogP contribution in [0.25, 0.3) is 0 Å². The second-order valence-electron chi connectivity index (χ2n) is 4.49. The first kappa shape index (κ1) is 16.3. The number of amides is 1. The summed E-state index contributed by atoms with van der Waals surface area (Å²) in [5, 5.41) is 2.91. The molecule has 0 saturated heterocycles. The lowest BCUT2D eigenvalue weighted by Gasteiger charge is -2.23. The summed E-state index contributed by atoms with van der Waals surface area (Å²) in [4.78, 5) is 13.2. The minimum Gasteiger partial charge on any atom is -0.453 e. The van der Waals surface area contributed by atoms with Gasteiger partial charge in [-0.3, -0.25) is 4.79 Å². The van der Waals surface area contributed by atoms with Crippen LogP contribution in [-0.4, -0.2) is 35.7 Å². The summed E-state index contributed by atoms with van der Waals surface area (Å²) in [7, 11) is 1.61. The maximum Gasteiger partial charge on any atom is 0.437 e. The van der Waals surface area contributed by atoms with Crippen molar-refractivity contribution < 1.29 is 27.2 Å². The van der Waals surface area contributed by atoms with Crippen molar-refractivity contribution in [3.05, 3.63) is 11.3 Å². The van der Waals surface area contributed by atoms with E-state index in [1.165, 1.54) is 11.8 Å². The van der Waals surface area contributed by atoms with Crippen LogP contribution in [0.15, 0.2) is 4.52 Å². The zero-order valence-corrected chi connectivity index (χ0v) is 11.7. The van der Waals surface area contributed by atoms with Crippen molar-refractivity contribution >= 4 is 5.91 Å². The molecule has 0 aliphatic rings. The third-order valence-electron chi connectivity index (χ3n) is 3.12. The highest BCUT2D eigenvalue weighted by Gasteiger charge is 2.38. The summed E-state index contributed by atoms with van der Waals surface area (Å²) in [6.07, 6.45) is -3.84. The second kappa shape index (κ2) is 6.15. The molecule has 0 saturated carbocycles. The predicted octanol–water partition coefficient (Wildman–Crippen LogP) is 2.64. The van der Waals surface area contributed by atoms with Gasteiger partial charge < -0.3 is 14.2 Å². The lowest BCUT2D eigenvalue weighted by atomic mass is 10.2. The number of aromatic nitrogens is 1. The Bertz CT molecular complexity index is 471. The van der Waals surface area contributed by atoms with Gasteiger partial charge in [0.1, 0.15) is 0 Å². The van der Waals surface area contributed by atoms with Gasteiger partial charge in [-0.2, -0.15) is 13.2 Å². The molecule has 5 nitrogen and oxygen atoms in total. The van der Waals surface area contributed by atoms with Crippen molar-refractivity contribution in [1.82, 2.24) is 10.1 Å². The topological polar surface area (TPSA) is 55.6 Å². The number of hydrogen-bond acceptors (Lipinski definition) is 4. The van der Waals surface area contributed by atoms with Crippen molar-refractivity contribution in [3.8, 4) is 5.95 Å². The van der Waals surface area contributed by atoms with Gasteiger partial charge in [-0.25, -0.2) is 0 Å². The monoisotopic (exact) mass is 294 g/mol. The molecule has 0 N–H and O–H groups in total. The lowest BCUT2D eigenvalue weighted by molar-refractivity contribution is -0.143. The summed E-state index contributed by atoms with van der Waals surface area (Å²) in [5.41, 5.74) is -1.41. The van der Waals surface area contributed by atoms with Crippen LogP contribution < -0.4 is 4.74 Å². The van der Waals surface area contributed by atoms with Crippen LogP contribution in [0.2, 0.25) is 0 Å². The highest BCUT2D eigenvalue weighted by atomic mass is 19.4. The van der Waals surface area contributed by atoms with E-state index in [4.69, 9.17) is 4.74 Å². The molecular weight excluding hydrogens is 277 g/mol. The fourth-order valence-corrected chi connectivity index (χ4v) is 1.47. The second-order valence-corrected chi connectivity index (χ2v) is 4.49. The molecule has 0 fully saturated rings. The Morgan fingerprint density at radius 2 is 2.10 bits per heavy atom. The Labute approximate surface area is 114 Å². The minimum atomic E-state index is -4.60. The van der Waals surface area contributed by atoms with E-state index in [1.54, 1.807) is 7.05 Å². The van der Waals surface area contributed by atoms with E-state index in [1.807, 2.05) is 13.8 Å². The molecule has 8 heteroatoms. The number of carbonyl (C=O) groups excluding carboxylic acids is 1. The Balaban J connectivity index is 2.68. The average Bonchev–Trinajstić information content (AvgIpc) is 2.75. The van der Waals surface area contributed by atoms with Crippen molar-refractivity contribution in [2.45, 2.75) is 39.4 Å². The zero-order valence-electron chi connectivity index (χ0n) is 11.7. The molecule has 1 rings (SSSR count). The van der Waals surface area contributed by atoms with Gasteiger partial charge >= 0.3 is 12.1 Å². The van der Waals surface area contributed by atoms with Gasteiger partial charge in [-0.15, -0.1) is 0 Å². The molecule has 1 aromatic rings. The van der Waals surface area contributed by atoms with Gasteiger partial charge in [-0.05, 0) is 20.3 Å². The maximum atomic E-state index is 12.5. The van der Waals surface area contributed by atoms with Crippen LogP contribution >= 0.6 is 0 Å². The lowest BCUT2D eigenvalue weighted by Crippen LogP contribution is -2.37. The number of carbonyl (C=O) groups is 1. The number of hydrogen-bond donors (Lipinski definition) is 0. The Morgan fingerprint density at radius 1 is 1.50 bits per heavy atom. The summed E-state index contributed by atoms with van der Waals surface area (Å²) in [6, 6.07) is 0.0210. The van der Waals surface area contributed by atoms with E-state index in [2.05, 4.69) is 9.68 Å². The predicted molar refractivity (Wildman–Crippen MR) is 64.3 cm³/mol. The summed E-state index contributed by atoms with van der Waals surface area (Å²) in [6.45, 7) is 4.57. The Kier molecular flexibility index (Phi) is 5.02. The summed E-state index contributed by atoms with van der Waals surface area (Å²) >= 11 is 0. The van der Waals surface area contributed by atoms with Gasteiger partial charge in [0.2, 0.25) is 0 Å². The average molecular weight is 294 g/mol. The summed E-state index contributed by atoms with van der Waals surface area (Å²) < 4.78 is 46.9. The van der Waals surface area contributed by atoms with E-state index >= 15 is 0 Å². The van der Waals surface area contributed by atoms with Crippen molar-refractivity contribution in [2.24, 2.45) is 0 Å². The first-order valence-corrected chi connectivity index (χ1v) is 6.10. The quantitative estimate of drug-likeness (QED) is 0.837. The molecule has 0 aromatic carbocycles. The largest absolute Gasteiger partial charge is 0.453 e. The molecule has 0 bridgehead atoms. The van der Waals surface area contributed by atoms with Crippen molar-refractivity contribution in [1.29, 1.82) is 0 Å². The van der Waals surface area contributed by atoms with Gasteiger partial charge in [0.05, 0.1) is 5.56 Å². The molecule has 0 aliphatic heterocycles. The van der Waals surface area contributed by atoms with Gasteiger partial charge in [0.15, 0.2) is 12.3 Å². The molecule has 1 atom stereocenters. The van der Waals surface area contributed by atoms with E-state index in [0.717, 1.165) is 6.42 Å². The molecule has 1 heterocycles.